The predicted octanol–water partition coefficient (Wildman–Crippen LogP) is 1.69. The Kier molecular flexibility index (Phi) is 4.04. The number of hydrogen-bond acceptors (Lipinski definition) is 4. The highest BCUT2D eigenvalue weighted by Crippen LogP contribution is 2.18. The Balaban J connectivity index is 1.77. The van der Waals surface area contributed by atoms with Crippen LogP contribution in [0.2, 0.25) is 0 Å². The van der Waals surface area contributed by atoms with Crippen LogP contribution in [-0.2, 0) is 11.8 Å². The summed E-state index contributed by atoms with van der Waals surface area (Å²) in [5, 5.41) is 7.66. The van der Waals surface area contributed by atoms with Gasteiger partial charge in [0.2, 0.25) is 0 Å². The maximum Gasteiger partial charge on any atom is 0.410 e. The number of aromatic nitrogens is 2. The molecule has 1 aliphatic heterocycles. The van der Waals surface area contributed by atoms with Crippen LogP contribution in [0.3, 0.4) is 0 Å². The van der Waals surface area contributed by atoms with Crippen LogP contribution in [0.15, 0.2) is 12.3 Å². The molecule has 1 saturated heterocycles. The summed E-state index contributed by atoms with van der Waals surface area (Å²) in [6.45, 7) is 9.13. The van der Waals surface area contributed by atoms with E-state index in [9.17, 15) is 4.79 Å². The Morgan fingerprint density at radius 3 is 2.65 bits per heavy atom. The van der Waals surface area contributed by atoms with Gasteiger partial charge in [0.15, 0.2) is 0 Å². The molecule has 2 heterocycles. The molecule has 0 aliphatic carbocycles. The maximum atomic E-state index is 11.8. The van der Waals surface area contributed by atoms with Gasteiger partial charge in [0.05, 0.1) is 5.69 Å². The molecule has 6 nitrogen and oxygen atoms in total. The highest BCUT2D eigenvalue weighted by molar-refractivity contribution is 5.69. The highest BCUT2D eigenvalue weighted by Gasteiger charge is 2.34. The average Bonchev–Trinajstić information content (AvgIpc) is 2.66. The molecule has 6 heteroatoms. The zero-order valence-corrected chi connectivity index (χ0v) is 12.9. The van der Waals surface area contributed by atoms with Gasteiger partial charge in [0, 0.05) is 38.4 Å². The number of ether oxygens (including phenoxy) is 1. The summed E-state index contributed by atoms with van der Waals surface area (Å²) in [6.07, 6.45) is 1.56. The first-order chi connectivity index (χ1) is 9.26. The Labute approximate surface area is 120 Å². The Morgan fingerprint density at radius 2 is 2.15 bits per heavy atom. The largest absolute Gasteiger partial charge is 0.444 e. The van der Waals surface area contributed by atoms with Crippen molar-refractivity contribution in [2.75, 3.05) is 13.1 Å². The zero-order chi connectivity index (χ0) is 14.9. The van der Waals surface area contributed by atoms with Crippen LogP contribution >= 0.6 is 0 Å². The molecule has 112 valence electrons. The number of rotatable bonds is 3. The minimum atomic E-state index is -0.433. The molecule has 1 N–H and O–H groups in total. The van der Waals surface area contributed by atoms with Gasteiger partial charge in [-0.15, -0.1) is 0 Å². The van der Waals surface area contributed by atoms with Gasteiger partial charge in [-0.1, -0.05) is 0 Å². The highest BCUT2D eigenvalue weighted by atomic mass is 16.6. The van der Waals surface area contributed by atoms with Gasteiger partial charge in [0.1, 0.15) is 5.60 Å². The third kappa shape index (κ3) is 3.50. The van der Waals surface area contributed by atoms with Crippen molar-refractivity contribution in [2.45, 2.75) is 45.4 Å². The second kappa shape index (κ2) is 5.44. The normalized spacial score (nSPS) is 17.8. The molecule has 20 heavy (non-hydrogen) atoms. The first kappa shape index (κ1) is 14.8. The van der Waals surface area contributed by atoms with E-state index in [1.807, 2.05) is 38.6 Å². The van der Waals surface area contributed by atoms with Crippen LogP contribution in [0.4, 0.5) is 4.79 Å². The van der Waals surface area contributed by atoms with Crippen molar-refractivity contribution in [3.8, 4) is 0 Å². The monoisotopic (exact) mass is 280 g/mol. The number of amides is 1. The number of aryl methyl sites for hydroxylation is 1. The van der Waals surface area contributed by atoms with Crippen molar-refractivity contribution < 1.29 is 9.53 Å². The van der Waals surface area contributed by atoms with Crippen molar-refractivity contribution in [1.29, 1.82) is 0 Å². The molecule has 1 aliphatic rings. The summed E-state index contributed by atoms with van der Waals surface area (Å²) in [4.78, 5) is 13.5. The molecule has 0 bridgehead atoms. The van der Waals surface area contributed by atoms with Crippen LogP contribution in [0.5, 0.6) is 0 Å². The van der Waals surface area contributed by atoms with Crippen LogP contribution in [-0.4, -0.2) is 45.5 Å². The Hall–Kier alpha value is -1.56. The second-order valence-electron chi connectivity index (χ2n) is 6.35. The van der Waals surface area contributed by atoms with Crippen LogP contribution in [0.1, 0.15) is 39.4 Å². The number of carbonyl (C=O) groups excluding carboxylic acids is 1. The fourth-order valence-electron chi connectivity index (χ4n) is 2.31. The molecule has 1 atom stereocenters. The van der Waals surface area contributed by atoms with Gasteiger partial charge < -0.3 is 15.0 Å². The number of nitrogens with one attached hydrogen (secondary N) is 1. The molecule has 0 aromatic carbocycles. The van der Waals surface area contributed by atoms with Gasteiger partial charge in [-0.25, -0.2) is 4.79 Å². The number of nitrogens with zero attached hydrogens (tertiary/aromatic N) is 3. The summed E-state index contributed by atoms with van der Waals surface area (Å²) in [5.74, 6) is 0. The first-order valence-corrected chi connectivity index (χ1v) is 6.98. The zero-order valence-electron chi connectivity index (χ0n) is 12.9. The van der Waals surface area contributed by atoms with E-state index in [0.717, 1.165) is 5.69 Å². The number of likely N-dealkylation sites (tertiary alicyclic amines) is 1. The minimum Gasteiger partial charge on any atom is -0.444 e. The van der Waals surface area contributed by atoms with Gasteiger partial charge in [0.25, 0.3) is 0 Å². The first-order valence-electron chi connectivity index (χ1n) is 6.98. The van der Waals surface area contributed by atoms with E-state index in [0.29, 0.717) is 19.1 Å². The van der Waals surface area contributed by atoms with Gasteiger partial charge in [-0.2, -0.15) is 5.10 Å². The molecule has 0 saturated carbocycles. The van der Waals surface area contributed by atoms with Crippen molar-refractivity contribution >= 4 is 6.09 Å². The molecule has 1 fully saturated rings. The lowest BCUT2D eigenvalue weighted by Crippen LogP contribution is -2.60. The summed E-state index contributed by atoms with van der Waals surface area (Å²) in [7, 11) is 1.93. The van der Waals surface area contributed by atoms with E-state index in [4.69, 9.17) is 4.74 Å². The van der Waals surface area contributed by atoms with E-state index in [1.165, 1.54) is 0 Å². The lowest BCUT2D eigenvalue weighted by molar-refractivity contribution is 0.00425. The second-order valence-corrected chi connectivity index (χ2v) is 6.35. The van der Waals surface area contributed by atoms with Crippen LogP contribution in [0, 0.1) is 0 Å². The fourth-order valence-corrected chi connectivity index (χ4v) is 2.31. The Morgan fingerprint density at radius 1 is 1.50 bits per heavy atom. The quantitative estimate of drug-likeness (QED) is 0.915. The molecular formula is C14H24N4O2. The summed E-state index contributed by atoms with van der Waals surface area (Å²) < 4.78 is 7.19. The molecule has 0 spiro atoms. The van der Waals surface area contributed by atoms with Gasteiger partial charge in [-0.05, 0) is 33.8 Å². The smallest absolute Gasteiger partial charge is 0.410 e. The molecule has 1 aromatic rings. The SMILES string of the molecule is CC(NC1CN(C(=O)OC(C)(C)C)C1)c1ccnn1C. The molecule has 1 amide bonds. The van der Waals surface area contributed by atoms with Gasteiger partial charge >= 0.3 is 6.09 Å². The molecule has 1 unspecified atom stereocenters. The molecular weight excluding hydrogens is 256 g/mol. The third-order valence-corrected chi connectivity index (χ3v) is 3.32. The molecule has 0 radical (unpaired) electrons. The van der Waals surface area contributed by atoms with Crippen molar-refractivity contribution in [3.63, 3.8) is 0 Å². The van der Waals surface area contributed by atoms with Crippen molar-refractivity contribution in [2.24, 2.45) is 7.05 Å². The minimum absolute atomic E-state index is 0.216. The van der Waals surface area contributed by atoms with Gasteiger partial charge in [-0.3, -0.25) is 4.68 Å². The van der Waals surface area contributed by atoms with Crippen molar-refractivity contribution in [1.82, 2.24) is 20.0 Å². The fraction of sp³-hybridized carbons (Fsp3) is 0.714. The molecule has 1 aromatic heterocycles. The van der Waals surface area contributed by atoms with Crippen LogP contribution < -0.4 is 5.32 Å². The lowest BCUT2D eigenvalue weighted by Gasteiger charge is -2.41. The standard InChI is InChI=1S/C14H24N4O2/c1-10(12-6-7-15-17(12)5)16-11-8-18(9-11)13(19)20-14(2,3)4/h6-7,10-11,16H,8-9H2,1-5H3. The maximum absolute atomic E-state index is 11.8. The average molecular weight is 280 g/mol. The van der Waals surface area contributed by atoms with E-state index < -0.39 is 5.60 Å². The Bertz CT molecular complexity index is 472. The number of carbonyl (C=O) groups is 1. The molecule has 2 rings (SSSR count). The van der Waals surface area contributed by atoms with E-state index in [-0.39, 0.29) is 12.1 Å². The van der Waals surface area contributed by atoms with Crippen molar-refractivity contribution in [3.05, 3.63) is 18.0 Å². The summed E-state index contributed by atoms with van der Waals surface area (Å²) in [6, 6.07) is 2.53. The van der Waals surface area contributed by atoms with E-state index in [2.05, 4.69) is 17.3 Å². The predicted molar refractivity (Wildman–Crippen MR) is 76.4 cm³/mol. The number of hydrogen-bond donors (Lipinski definition) is 1. The van der Waals surface area contributed by atoms with E-state index >= 15 is 0 Å². The third-order valence-electron chi connectivity index (χ3n) is 3.32. The summed E-state index contributed by atoms with van der Waals surface area (Å²) >= 11 is 0. The van der Waals surface area contributed by atoms with E-state index in [1.54, 1.807) is 11.1 Å². The summed E-state index contributed by atoms with van der Waals surface area (Å²) in [5.41, 5.74) is 0.707. The lowest BCUT2D eigenvalue weighted by atomic mass is 10.1. The van der Waals surface area contributed by atoms with Crippen LogP contribution in [0.25, 0.3) is 0 Å². The topological polar surface area (TPSA) is 59.4 Å².